The third-order valence-electron chi connectivity index (χ3n) is 2.14. The average Bonchev–Trinajstić information content (AvgIpc) is 2.32. The van der Waals surface area contributed by atoms with Crippen molar-refractivity contribution in [3.8, 4) is 0 Å². The average molecular weight is 332 g/mol. The van der Waals surface area contributed by atoms with Gasteiger partial charge in [0, 0.05) is 6.07 Å². The molecule has 2 N–H and O–H groups in total. The van der Waals surface area contributed by atoms with E-state index in [0.29, 0.717) is 5.82 Å². The number of aromatic amines is 1. The van der Waals surface area contributed by atoms with E-state index in [4.69, 9.17) is 0 Å². The first-order chi connectivity index (χ1) is 8.47. The maximum absolute atomic E-state index is 12.7. The standard InChI is InChI=1S/C11H8BrFN2O2S/c12-8-1-6-11(14-7-8)15-18(16,17)10-4-2-9(13)3-5-10/h1-7H,(H,14,15)/p+1. The number of H-pyrrole nitrogens is 1. The van der Waals surface area contributed by atoms with Gasteiger partial charge in [-0.3, -0.25) is 0 Å². The smallest absolute Gasteiger partial charge is 0.246 e. The summed E-state index contributed by atoms with van der Waals surface area (Å²) in [5.74, 6) is -0.160. The van der Waals surface area contributed by atoms with E-state index in [9.17, 15) is 12.8 Å². The van der Waals surface area contributed by atoms with Gasteiger partial charge in [0.1, 0.15) is 16.9 Å². The Balaban J connectivity index is 2.27. The lowest BCUT2D eigenvalue weighted by atomic mass is 10.4. The van der Waals surface area contributed by atoms with Crippen LogP contribution in [0.25, 0.3) is 0 Å². The van der Waals surface area contributed by atoms with E-state index in [2.05, 4.69) is 25.6 Å². The molecule has 1 aromatic heterocycles. The van der Waals surface area contributed by atoms with Gasteiger partial charge in [-0.1, -0.05) is 0 Å². The summed E-state index contributed by atoms with van der Waals surface area (Å²) in [5.41, 5.74) is 0. The topological polar surface area (TPSA) is 60.3 Å². The Kier molecular flexibility index (Phi) is 3.63. The number of halogens is 2. The number of pyridine rings is 1. The molecule has 2 rings (SSSR count). The highest BCUT2D eigenvalue weighted by molar-refractivity contribution is 9.10. The highest BCUT2D eigenvalue weighted by Gasteiger charge is 2.19. The van der Waals surface area contributed by atoms with Crippen molar-refractivity contribution in [2.24, 2.45) is 0 Å². The number of rotatable bonds is 3. The largest absolute Gasteiger partial charge is 0.328 e. The lowest BCUT2D eigenvalue weighted by Gasteiger charge is -2.01. The van der Waals surface area contributed by atoms with Gasteiger partial charge in [0.15, 0.2) is 0 Å². The van der Waals surface area contributed by atoms with Gasteiger partial charge in [0.25, 0.3) is 5.82 Å². The zero-order chi connectivity index (χ0) is 13.2. The minimum atomic E-state index is -3.71. The molecule has 1 aromatic carbocycles. The second-order valence-electron chi connectivity index (χ2n) is 3.48. The van der Waals surface area contributed by atoms with Crippen molar-refractivity contribution >= 4 is 31.8 Å². The van der Waals surface area contributed by atoms with Gasteiger partial charge in [-0.05, 0) is 46.3 Å². The molecule has 2 aromatic rings. The predicted molar refractivity (Wildman–Crippen MR) is 67.9 cm³/mol. The zero-order valence-electron chi connectivity index (χ0n) is 9.02. The molecule has 0 fully saturated rings. The maximum Gasteiger partial charge on any atom is 0.328 e. The van der Waals surface area contributed by atoms with E-state index in [0.717, 1.165) is 16.6 Å². The molecule has 0 saturated heterocycles. The Hall–Kier alpha value is -1.47. The fourth-order valence-corrected chi connectivity index (χ4v) is 2.56. The summed E-state index contributed by atoms with van der Waals surface area (Å²) in [5, 5.41) is 0. The number of nitrogens with one attached hydrogen (secondary N) is 2. The molecule has 1 heterocycles. The van der Waals surface area contributed by atoms with Crippen LogP contribution in [0.5, 0.6) is 0 Å². The van der Waals surface area contributed by atoms with Gasteiger partial charge in [0.2, 0.25) is 0 Å². The first kappa shape index (κ1) is 13.0. The monoisotopic (exact) mass is 331 g/mol. The third-order valence-corrected chi connectivity index (χ3v) is 4.02. The Morgan fingerprint density at radius 1 is 1.11 bits per heavy atom. The van der Waals surface area contributed by atoms with Gasteiger partial charge in [-0.2, -0.15) is 13.1 Å². The molecule has 0 amide bonds. The highest BCUT2D eigenvalue weighted by Crippen LogP contribution is 2.14. The van der Waals surface area contributed by atoms with E-state index in [-0.39, 0.29) is 4.90 Å². The van der Waals surface area contributed by atoms with Crippen molar-refractivity contribution in [2.45, 2.75) is 4.90 Å². The lowest BCUT2D eigenvalue weighted by molar-refractivity contribution is -0.361. The molecule has 0 saturated carbocycles. The number of hydrogen-bond acceptors (Lipinski definition) is 2. The van der Waals surface area contributed by atoms with E-state index in [1.54, 1.807) is 18.3 Å². The molecule has 0 atom stereocenters. The zero-order valence-corrected chi connectivity index (χ0v) is 11.4. The van der Waals surface area contributed by atoms with Crippen LogP contribution in [0, 0.1) is 5.82 Å². The van der Waals surface area contributed by atoms with Crippen molar-refractivity contribution in [1.29, 1.82) is 0 Å². The van der Waals surface area contributed by atoms with Crippen LogP contribution >= 0.6 is 15.9 Å². The SMILES string of the molecule is O=S(=O)(Nc1ccc(Br)c[nH+]1)c1ccc(F)cc1. The number of sulfonamides is 1. The van der Waals surface area contributed by atoms with Gasteiger partial charge < -0.3 is 0 Å². The van der Waals surface area contributed by atoms with Gasteiger partial charge >= 0.3 is 10.0 Å². The first-order valence-electron chi connectivity index (χ1n) is 4.93. The lowest BCUT2D eigenvalue weighted by Crippen LogP contribution is -2.19. The summed E-state index contributed by atoms with van der Waals surface area (Å²) in [6, 6.07) is 7.87. The molecule has 4 nitrogen and oxygen atoms in total. The van der Waals surface area contributed by atoms with Crippen LogP contribution in [0.3, 0.4) is 0 Å². The van der Waals surface area contributed by atoms with E-state index < -0.39 is 15.8 Å². The number of aromatic nitrogens is 1. The van der Waals surface area contributed by atoms with Crippen LogP contribution in [0.1, 0.15) is 0 Å². The normalized spacial score (nSPS) is 11.2. The summed E-state index contributed by atoms with van der Waals surface area (Å²) < 4.78 is 39.7. The summed E-state index contributed by atoms with van der Waals surface area (Å²) in [6.07, 6.45) is 1.60. The fraction of sp³-hybridized carbons (Fsp3) is 0. The number of hydrogen-bond donors (Lipinski definition) is 1. The first-order valence-corrected chi connectivity index (χ1v) is 7.21. The Bertz CT molecular complexity index is 642. The molecule has 7 heteroatoms. The molecule has 0 spiro atoms. The van der Waals surface area contributed by atoms with Crippen molar-refractivity contribution in [2.75, 3.05) is 4.72 Å². The second-order valence-corrected chi connectivity index (χ2v) is 6.08. The molecule has 0 aliphatic heterocycles. The van der Waals surface area contributed by atoms with E-state index in [1.165, 1.54) is 12.1 Å². The third kappa shape index (κ3) is 3.05. The maximum atomic E-state index is 12.7. The molecule has 0 unspecified atom stereocenters. The van der Waals surface area contributed by atoms with Crippen molar-refractivity contribution in [1.82, 2.24) is 0 Å². The molecule has 94 valence electrons. The van der Waals surface area contributed by atoms with Crippen LogP contribution in [0.4, 0.5) is 10.2 Å². The van der Waals surface area contributed by atoms with Gasteiger partial charge in [-0.15, -0.1) is 0 Å². The minimum Gasteiger partial charge on any atom is -0.246 e. The van der Waals surface area contributed by atoms with Crippen molar-refractivity contribution in [3.05, 3.63) is 52.9 Å². The quantitative estimate of drug-likeness (QED) is 0.937. The summed E-state index contributed by atoms with van der Waals surface area (Å²) in [4.78, 5) is 2.76. The molecule has 0 radical (unpaired) electrons. The van der Waals surface area contributed by atoms with Crippen molar-refractivity contribution in [3.63, 3.8) is 0 Å². The number of benzene rings is 1. The van der Waals surface area contributed by atoms with Gasteiger partial charge in [-0.25, -0.2) is 9.37 Å². The van der Waals surface area contributed by atoms with E-state index >= 15 is 0 Å². The molecular formula is C11H9BrFN2O2S+. The molecule has 0 bridgehead atoms. The number of anilines is 1. The van der Waals surface area contributed by atoms with Crippen molar-refractivity contribution < 1.29 is 17.8 Å². The van der Waals surface area contributed by atoms with Crippen LogP contribution in [0.15, 0.2) is 52.0 Å². The highest BCUT2D eigenvalue weighted by atomic mass is 79.9. The Morgan fingerprint density at radius 3 is 2.33 bits per heavy atom. The van der Waals surface area contributed by atoms with E-state index in [1.807, 2.05) is 0 Å². The summed E-state index contributed by atoms with van der Waals surface area (Å²) >= 11 is 3.23. The van der Waals surface area contributed by atoms with Crippen LogP contribution in [-0.4, -0.2) is 8.42 Å². The molecule has 0 aliphatic rings. The van der Waals surface area contributed by atoms with Crippen LogP contribution in [0.2, 0.25) is 0 Å². The predicted octanol–water partition coefficient (Wildman–Crippen LogP) is 2.20. The van der Waals surface area contributed by atoms with Crippen LogP contribution in [-0.2, 0) is 10.0 Å². The van der Waals surface area contributed by atoms with Crippen LogP contribution < -0.4 is 9.71 Å². The Labute approximate surface area is 112 Å². The minimum absolute atomic E-state index is 0.000203. The molecule has 0 aliphatic carbocycles. The van der Waals surface area contributed by atoms with Gasteiger partial charge in [0.05, 0.1) is 4.47 Å². The summed E-state index contributed by atoms with van der Waals surface area (Å²) in [6.45, 7) is 0. The molecular weight excluding hydrogens is 323 g/mol. The Morgan fingerprint density at radius 2 is 1.78 bits per heavy atom. The summed E-state index contributed by atoms with van der Waals surface area (Å²) in [7, 11) is -3.71. The second kappa shape index (κ2) is 5.03. The molecule has 18 heavy (non-hydrogen) atoms. The fourth-order valence-electron chi connectivity index (χ4n) is 1.29.